The number of ether oxygens (including phenoxy) is 1. The average molecular weight is 192 g/mol. The van der Waals surface area contributed by atoms with Gasteiger partial charge >= 0.3 is 15.3 Å². The molecule has 0 N–H and O–H groups in total. The third-order valence-electron chi connectivity index (χ3n) is 1.42. The van der Waals surface area contributed by atoms with Crippen molar-refractivity contribution in [3.05, 3.63) is 0 Å². The molecular weight excluding hydrogens is 176 g/mol. The maximum atomic E-state index is 10.9. The predicted molar refractivity (Wildman–Crippen MR) is 47.2 cm³/mol. The van der Waals surface area contributed by atoms with E-state index in [1.807, 2.05) is 0 Å². The summed E-state index contributed by atoms with van der Waals surface area (Å²) in [6.07, 6.45) is 0.395. The molecule has 0 rings (SSSR count). The van der Waals surface area contributed by atoms with Crippen molar-refractivity contribution < 1.29 is 18.4 Å². The van der Waals surface area contributed by atoms with Crippen LogP contribution in [0.5, 0.6) is 0 Å². The molecule has 12 heavy (non-hydrogen) atoms. The van der Waals surface area contributed by atoms with Crippen LogP contribution in [0.3, 0.4) is 0 Å². The van der Waals surface area contributed by atoms with Gasteiger partial charge in [-0.1, -0.05) is 0 Å². The molecule has 0 aromatic carbocycles. The highest BCUT2D eigenvalue weighted by Gasteiger charge is 2.12. The van der Waals surface area contributed by atoms with E-state index in [1.54, 1.807) is 21.1 Å². The minimum absolute atomic E-state index is 0.177. The molecule has 0 unspecified atom stereocenters. The number of carbonyl (C=O) groups is 1. The first kappa shape index (κ1) is 11.6. The van der Waals surface area contributed by atoms with Crippen LogP contribution in [0.1, 0.15) is 13.3 Å². The first-order valence-corrected chi connectivity index (χ1v) is 5.71. The van der Waals surface area contributed by atoms with Gasteiger partial charge in [-0.15, -0.1) is 0 Å². The molecule has 0 fully saturated rings. The third kappa shape index (κ3) is 5.28. The van der Waals surface area contributed by atoms with E-state index in [1.165, 1.54) is 0 Å². The lowest BCUT2D eigenvalue weighted by Gasteiger charge is -2.09. The topological polar surface area (TPSA) is 44.8 Å². The fraction of sp³-hybridized carbons (Fsp3) is 0.857. The van der Waals surface area contributed by atoms with E-state index in [0.717, 1.165) is 0 Å². The van der Waals surface area contributed by atoms with Gasteiger partial charge in [0.05, 0.1) is 6.61 Å². The van der Waals surface area contributed by atoms with Crippen molar-refractivity contribution in [2.45, 2.75) is 19.4 Å². The van der Waals surface area contributed by atoms with Crippen molar-refractivity contribution in [1.29, 1.82) is 0 Å². The molecule has 0 aromatic rings. The molecule has 0 radical (unpaired) electrons. The zero-order valence-electron chi connectivity index (χ0n) is 7.83. The summed E-state index contributed by atoms with van der Waals surface area (Å²) < 4.78 is 14.8. The van der Waals surface area contributed by atoms with Crippen molar-refractivity contribution in [3.63, 3.8) is 0 Å². The standard InChI is InChI=1S/C7H16O4Si/c1-4-11-7(8)5-6-12(9-2)10-3/h12H,4-6H2,1-3H3. The Bertz CT molecular complexity index is 125. The van der Waals surface area contributed by atoms with E-state index in [0.29, 0.717) is 19.1 Å². The number of carbonyl (C=O) groups excluding carboxylic acids is 1. The Labute approximate surface area is 74.7 Å². The van der Waals surface area contributed by atoms with Gasteiger partial charge < -0.3 is 13.6 Å². The van der Waals surface area contributed by atoms with Gasteiger partial charge in [-0.3, -0.25) is 4.79 Å². The van der Waals surface area contributed by atoms with Crippen molar-refractivity contribution in [2.75, 3.05) is 20.8 Å². The summed E-state index contributed by atoms with van der Waals surface area (Å²) in [5.74, 6) is -0.177. The smallest absolute Gasteiger partial charge is 0.321 e. The Morgan fingerprint density at radius 2 is 1.92 bits per heavy atom. The molecule has 0 saturated heterocycles. The second-order valence-corrected chi connectivity index (χ2v) is 4.62. The van der Waals surface area contributed by atoms with Crippen LogP contribution in [0.4, 0.5) is 0 Å². The number of hydrogen-bond donors (Lipinski definition) is 0. The van der Waals surface area contributed by atoms with Crippen LogP contribution >= 0.6 is 0 Å². The van der Waals surface area contributed by atoms with Gasteiger partial charge in [-0.05, 0) is 13.0 Å². The lowest BCUT2D eigenvalue weighted by molar-refractivity contribution is -0.142. The van der Waals surface area contributed by atoms with Crippen LogP contribution in [0.2, 0.25) is 6.04 Å². The molecule has 0 heterocycles. The summed E-state index contributed by atoms with van der Waals surface area (Å²) in [4.78, 5) is 10.9. The normalized spacial score (nSPS) is 10.3. The largest absolute Gasteiger partial charge is 0.466 e. The summed E-state index contributed by atoms with van der Waals surface area (Å²) >= 11 is 0. The maximum absolute atomic E-state index is 10.9. The molecule has 0 spiro atoms. The van der Waals surface area contributed by atoms with E-state index >= 15 is 0 Å². The van der Waals surface area contributed by atoms with Crippen molar-refractivity contribution in [1.82, 2.24) is 0 Å². The van der Waals surface area contributed by atoms with Crippen LogP contribution in [-0.4, -0.2) is 36.1 Å². The number of hydrogen-bond acceptors (Lipinski definition) is 4. The summed E-state index contributed by atoms with van der Waals surface area (Å²) in [7, 11) is 1.63. The highest BCUT2D eigenvalue weighted by Crippen LogP contribution is 2.00. The van der Waals surface area contributed by atoms with Crippen molar-refractivity contribution in [2.24, 2.45) is 0 Å². The molecule has 72 valence electrons. The molecular formula is C7H16O4Si. The monoisotopic (exact) mass is 192 g/mol. The predicted octanol–water partition coefficient (Wildman–Crippen LogP) is 0.453. The van der Waals surface area contributed by atoms with Gasteiger partial charge in [0.1, 0.15) is 0 Å². The second-order valence-electron chi connectivity index (χ2n) is 2.24. The first-order chi connectivity index (χ1) is 5.74. The van der Waals surface area contributed by atoms with E-state index in [-0.39, 0.29) is 5.97 Å². The van der Waals surface area contributed by atoms with Gasteiger partial charge in [0.2, 0.25) is 0 Å². The van der Waals surface area contributed by atoms with Crippen LogP contribution in [0.25, 0.3) is 0 Å². The zero-order valence-corrected chi connectivity index (χ0v) is 8.99. The minimum atomic E-state index is -1.57. The van der Waals surface area contributed by atoms with E-state index < -0.39 is 9.28 Å². The summed E-state index contributed by atoms with van der Waals surface area (Å²) in [6, 6.07) is 0.672. The molecule has 0 aliphatic rings. The Kier molecular flexibility index (Phi) is 7.03. The van der Waals surface area contributed by atoms with Crippen LogP contribution in [0.15, 0.2) is 0 Å². The number of rotatable bonds is 6. The fourth-order valence-electron chi connectivity index (χ4n) is 0.801. The average Bonchev–Trinajstić information content (AvgIpc) is 2.07. The molecule has 0 aromatic heterocycles. The third-order valence-corrected chi connectivity index (χ3v) is 3.23. The Morgan fingerprint density at radius 3 is 2.33 bits per heavy atom. The summed E-state index contributed by atoms with van der Waals surface area (Å²) in [6.45, 7) is 2.23. The van der Waals surface area contributed by atoms with E-state index in [4.69, 9.17) is 13.6 Å². The van der Waals surface area contributed by atoms with E-state index in [9.17, 15) is 4.79 Å². The summed E-state index contributed by atoms with van der Waals surface area (Å²) in [5.41, 5.74) is 0. The molecule has 0 saturated carbocycles. The molecule has 0 aliphatic heterocycles. The van der Waals surface area contributed by atoms with Gasteiger partial charge in [-0.25, -0.2) is 0 Å². The molecule has 4 nitrogen and oxygen atoms in total. The Balaban J connectivity index is 3.44. The second kappa shape index (κ2) is 7.27. The van der Waals surface area contributed by atoms with Crippen molar-refractivity contribution in [3.8, 4) is 0 Å². The molecule has 0 amide bonds. The number of esters is 1. The van der Waals surface area contributed by atoms with E-state index in [2.05, 4.69) is 0 Å². The quantitative estimate of drug-likeness (QED) is 0.453. The van der Waals surface area contributed by atoms with Crippen LogP contribution in [-0.2, 0) is 18.4 Å². The lowest BCUT2D eigenvalue weighted by Crippen LogP contribution is -2.20. The molecule has 0 atom stereocenters. The lowest BCUT2D eigenvalue weighted by atomic mass is 10.5. The van der Waals surface area contributed by atoms with Gasteiger partial charge in [0.15, 0.2) is 0 Å². The van der Waals surface area contributed by atoms with Gasteiger partial charge in [0.25, 0.3) is 0 Å². The van der Waals surface area contributed by atoms with Crippen LogP contribution in [0, 0.1) is 0 Å². The van der Waals surface area contributed by atoms with Crippen LogP contribution < -0.4 is 0 Å². The minimum Gasteiger partial charge on any atom is -0.466 e. The van der Waals surface area contributed by atoms with Crippen molar-refractivity contribution >= 4 is 15.3 Å². The summed E-state index contributed by atoms with van der Waals surface area (Å²) in [5, 5.41) is 0. The zero-order chi connectivity index (χ0) is 9.40. The molecule has 0 aliphatic carbocycles. The maximum Gasteiger partial charge on any atom is 0.321 e. The highest BCUT2D eigenvalue weighted by molar-refractivity contribution is 6.44. The Hall–Kier alpha value is -0.393. The Morgan fingerprint density at radius 1 is 1.33 bits per heavy atom. The molecule has 5 heteroatoms. The SMILES string of the molecule is CCOC(=O)CC[SiH](OC)OC. The first-order valence-electron chi connectivity index (χ1n) is 3.95. The highest BCUT2D eigenvalue weighted by atomic mass is 28.3. The molecule has 0 bridgehead atoms. The van der Waals surface area contributed by atoms with Gasteiger partial charge in [0, 0.05) is 20.6 Å². The van der Waals surface area contributed by atoms with Gasteiger partial charge in [-0.2, -0.15) is 0 Å². The fourth-order valence-corrected chi connectivity index (χ4v) is 1.94.